The lowest BCUT2D eigenvalue weighted by molar-refractivity contribution is 0.0598. The van der Waals surface area contributed by atoms with Crippen molar-refractivity contribution in [2.45, 2.75) is 44.8 Å². The van der Waals surface area contributed by atoms with Crippen molar-refractivity contribution >= 4 is 17.2 Å². The fraction of sp³-hybridized carbons (Fsp3) is 0.391. The van der Waals surface area contributed by atoms with Gasteiger partial charge in [-0.2, -0.15) is 0 Å². The number of amides is 1. The third-order valence-corrected chi connectivity index (χ3v) is 7.00. The van der Waals surface area contributed by atoms with Crippen LogP contribution >= 0.6 is 11.3 Å². The Morgan fingerprint density at radius 2 is 2.06 bits per heavy atom. The lowest BCUT2D eigenvalue weighted by atomic mass is 9.99. The minimum atomic E-state index is -0.208. The van der Waals surface area contributed by atoms with Crippen molar-refractivity contribution < 1.29 is 4.79 Å². The highest BCUT2D eigenvalue weighted by molar-refractivity contribution is 7.09. The number of nitrogens with zero attached hydrogens (tertiary/aromatic N) is 4. The summed E-state index contributed by atoms with van der Waals surface area (Å²) in [5.74, 6) is 0.579. The molecule has 1 atom stereocenters. The number of fused-ring (bicyclic) bond motifs is 1. The first-order valence-corrected chi connectivity index (χ1v) is 11.6. The first-order valence-electron chi connectivity index (χ1n) is 10.8. The largest absolute Gasteiger partial charge is 0.328 e. The number of aromatic nitrogens is 3. The maximum Gasteiger partial charge on any atom is 0.254 e. The summed E-state index contributed by atoms with van der Waals surface area (Å²) in [6, 6.07) is 7.47. The summed E-state index contributed by atoms with van der Waals surface area (Å²) < 4.78 is 0. The highest BCUT2D eigenvalue weighted by atomic mass is 32.1. The summed E-state index contributed by atoms with van der Waals surface area (Å²) in [7, 11) is 0. The Balaban J connectivity index is 1.42. The van der Waals surface area contributed by atoms with E-state index in [4.69, 9.17) is 4.98 Å². The Labute approximate surface area is 184 Å². The third kappa shape index (κ3) is 4.18. The molecule has 0 bridgehead atoms. The number of H-pyrrole nitrogens is 1. The van der Waals surface area contributed by atoms with Crippen molar-refractivity contribution in [1.82, 2.24) is 24.8 Å². The summed E-state index contributed by atoms with van der Waals surface area (Å²) in [5.41, 5.74) is 2.19. The van der Waals surface area contributed by atoms with Crippen LogP contribution in [0.3, 0.4) is 0 Å². The van der Waals surface area contributed by atoms with Crippen LogP contribution in [0, 0.1) is 0 Å². The van der Waals surface area contributed by atoms with Crippen molar-refractivity contribution in [3.63, 3.8) is 0 Å². The van der Waals surface area contributed by atoms with E-state index in [9.17, 15) is 9.59 Å². The molecular weight excluding hydrogens is 410 g/mol. The second-order valence-electron chi connectivity index (χ2n) is 8.16. The third-order valence-electron chi connectivity index (χ3n) is 6.14. The van der Waals surface area contributed by atoms with Crippen molar-refractivity contribution in [3.8, 4) is 0 Å². The molecule has 2 aliphatic rings. The van der Waals surface area contributed by atoms with E-state index in [0.717, 1.165) is 43.6 Å². The lowest BCUT2D eigenvalue weighted by Crippen LogP contribution is -2.41. The first-order chi connectivity index (χ1) is 15.2. The number of thiophene rings is 1. The molecule has 0 aliphatic carbocycles. The molecule has 0 unspecified atom stereocenters. The number of nitrogens with one attached hydrogen (secondary N) is 1. The van der Waals surface area contributed by atoms with Crippen LogP contribution in [0.5, 0.6) is 0 Å². The van der Waals surface area contributed by atoms with Crippen LogP contribution < -0.4 is 5.56 Å². The van der Waals surface area contributed by atoms with Crippen molar-refractivity contribution in [2.75, 3.05) is 13.1 Å². The molecule has 3 aromatic heterocycles. The number of pyridine rings is 1. The van der Waals surface area contributed by atoms with Gasteiger partial charge in [0.15, 0.2) is 0 Å². The van der Waals surface area contributed by atoms with Gasteiger partial charge in [-0.3, -0.25) is 19.5 Å². The molecule has 0 aromatic carbocycles. The zero-order chi connectivity index (χ0) is 21.2. The van der Waals surface area contributed by atoms with E-state index in [1.807, 2.05) is 4.90 Å². The van der Waals surface area contributed by atoms with Crippen LogP contribution in [0.25, 0.3) is 0 Å². The molecule has 1 N–H and O–H groups in total. The van der Waals surface area contributed by atoms with Crippen LogP contribution in [0.2, 0.25) is 0 Å². The maximum absolute atomic E-state index is 13.2. The highest BCUT2D eigenvalue weighted by Crippen LogP contribution is 2.30. The van der Waals surface area contributed by atoms with Crippen LogP contribution in [-0.4, -0.2) is 43.7 Å². The molecule has 1 amide bonds. The number of rotatable bonds is 4. The van der Waals surface area contributed by atoms with Crippen LogP contribution in [0.15, 0.2) is 46.8 Å². The van der Waals surface area contributed by atoms with Crippen LogP contribution in [0.1, 0.15) is 57.6 Å². The van der Waals surface area contributed by atoms with E-state index >= 15 is 0 Å². The zero-order valence-corrected chi connectivity index (χ0v) is 18.1. The fourth-order valence-corrected chi connectivity index (χ4v) is 5.29. The number of carbonyl (C=O) groups excluding carboxylic acids is 1. The van der Waals surface area contributed by atoms with Gasteiger partial charge in [0.2, 0.25) is 0 Å². The van der Waals surface area contributed by atoms with E-state index in [-0.39, 0.29) is 17.5 Å². The van der Waals surface area contributed by atoms with Gasteiger partial charge < -0.3 is 9.88 Å². The van der Waals surface area contributed by atoms with Gasteiger partial charge in [-0.15, -0.1) is 11.3 Å². The minimum Gasteiger partial charge on any atom is -0.328 e. The molecule has 2 aliphatic heterocycles. The lowest BCUT2D eigenvalue weighted by Gasteiger charge is -2.36. The maximum atomic E-state index is 13.2. The SMILES string of the molecule is O=C(c1ccncc1)N1CCCC[C@H]1c1nc2c(c(=O)[nH]1)CCN(Cc1cccs1)C2. The standard InChI is InChI=1S/C23H25N5O2S/c29-22-18-8-12-27(14-17-4-3-13-31-17)15-19(18)25-21(26-22)20-5-1-2-11-28(20)23(30)16-6-9-24-10-7-16/h3-4,6-7,9-10,13,20H,1-2,5,8,11-12,14-15H2,(H,25,26,29)/t20-/m0/s1. The number of carbonyl (C=O) groups is 1. The summed E-state index contributed by atoms with van der Waals surface area (Å²) in [4.78, 5) is 43.5. The van der Waals surface area contributed by atoms with Crippen molar-refractivity contribution in [2.24, 2.45) is 0 Å². The molecule has 1 fully saturated rings. The van der Waals surface area contributed by atoms with Gasteiger partial charge in [-0.05, 0) is 49.3 Å². The molecule has 7 nitrogen and oxygen atoms in total. The van der Waals surface area contributed by atoms with Crippen molar-refractivity contribution in [1.29, 1.82) is 0 Å². The normalized spacial score (nSPS) is 19.2. The average Bonchev–Trinajstić information content (AvgIpc) is 3.32. The van der Waals surface area contributed by atoms with E-state index in [1.165, 1.54) is 4.88 Å². The topological polar surface area (TPSA) is 82.2 Å². The molecule has 0 saturated carbocycles. The average molecular weight is 436 g/mol. The van der Waals surface area contributed by atoms with Crippen LogP contribution in [0.4, 0.5) is 0 Å². The van der Waals surface area contributed by atoms with Gasteiger partial charge in [0.25, 0.3) is 11.5 Å². The number of hydrogen-bond acceptors (Lipinski definition) is 6. The zero-order valence-electron chi connectivity index (χ0n) is 17.3. The molecule has 3 aromatic rings. The Kier molecular flexibility index (Phi) is 5.65. The molecule has 5 heterocycles. The van der Waals surface area contributed by atoms with Gasteiger partial charge in [-0.1, -0.05) is 6.07 Å². The van der Waals surface area contributed by atoms with E-state index in [1.54, 1.807) is 35.9 Å². The molecule has 5 rings (SSSR count). The van der Waals surface area contributed by atoms with Gasteiger partial charge in [0.05, 0.1) is 11.7 Å². The first kappa shape index (κ1) is 20.1. The smallest absolute Gasteiger partial charge is 0.254 e. The van der Waals surface area contributed by atoms with Gasteiger partial charge in [-0.25, -0.2) is 4.98 Å². The second-order valence-corrected chi connectivity index (χ2v) is 9.19. The minimum absolute atomic E-state index is 0.0354. The highest BCUT2D eigenvalue weighted by Gasteiger charge is 2.32. The Morgan fingerprint density at radius 3 is 2.87 bits per heavy atom. The number of piperidine rings is 1. The van der Waals surface area contributed by atoms with Gasteiger partial charge in [0, 0.05) is 54.6 Å². The molecular formula is C23H25N5O2S. The van der Waals surface area contributed by atoms with Gasteiger partial charge in [0.1, 0.15) is 5.82 Å². The Hall–Kier alpha value is -2.84. The molecule has 160 valence electrons. The fourth-order valence-electron chi connectivity index (χ4n) is 4.55. The summed E-state index contributed by atoms with van der Waals surface area (Å²) in [6.45, 7) is 3.05. The molecule has 0 spiro atoms. The van der Waals surface area contributed by atoms with E-state index in [0.29, 0.717) is 30.9 Å². The Bertz CT molecular complexity index is 1110. The predicted octanol–water partition coefficient (Wildman–Crippen LogP) is 3.15. The van der Waals surface area contributed by atoms with Gasteiger partial charge >= 0.3 is 0 Å². The monoisotopic (exact) mass is 435 g/mol. The van der Waals surface area contributed by atoms with Crippen LogP contribution in [-0.2, 0) is 19.5 Å². The van der Waals surface area contributed by atoms with E-state index < -0.39 is 0 Å². The van der Waals surface area contributed by atoms with E-state index in [2.05, 4.69) is 32.4 Å². The molecule has 0 radical (unpaired) electrons. The molecule has 8 heteroatoms. The summed E-state index contributed by atoms with van der Waals surface area (Å²) in [6.07, 6.45) is 6.74. The molecule has 1 saturated heterocycles. The molecule has 31 heavy (non-hydrogen) atoms. The number of likely N-dealkylation sites (tertiary alicyclic amines) is 1. The quantitative estimate of drug-likeness (QED) is 0.681. The summed E-state index contributed by atoms with van der Waals surface area (Å²) in [5, 5.41) is 2.09. The Morgan fingerprint density at radius 1 is 1.19 bits per heavy atom. The number of aromatic amines is 1. The predicted molar refractivity (Wildman–Crippen MR) is 119 cm³/mol. The summed E-state index contributed by atoms with van der Waals surface area (Å²) >= 11 is 1.75. The van der Waals surface area contributed by atoms with Crippen molar-refractivity contribution in [3.05, 3.63) is 79.9 Å². The number of hydrogen-bond donors (Lipinski definition) is 1. The second kappa shape index (κ2) is 8.72.